The van der Waals surface area contributed by atoms with Crippen molar-refractivity contribution in [1.82, 2.24) is 0 Å². The monoisotopic (exact) mass is 238 g/mol. The molecule has 2 aromatic rings. The summed E-state index contributed by atoms with van der Waals surface area (Å²) in [6, 6.07) is 19.3. The van der Waals surface area contributed by atoms with Crippen LogP contribution >= 0.6 is 12.2 Å². The molecule has 1 aliphatic rings. The van der Waals surface area contributed by atoms with Gasteiger partial charge in [-0.2, -0.15) is 0 Å². The molecule has 0 radical (unpaired) electrons. The van der Waals surface area contributed by atoms with Crippen LogP contribution in [0.2, 0.25) is 0 Å². The van der Waals surface area contributed by atoms with Crippen LogP contribution in [0.1, 0.15) is 22.6 Å². The van der Waals surface area contributed by atoms with Gasteiger partial charge >= 0.3 is 0 Å². The zero-order valence-electron chi connectivity index (χ0n) is 9.60. The lowest BCUT2D eigenvalue weighted by Gasteiger charge is -2.26. The van der Waals surface area contributed by atoms with Gasteiger partial charge in [-0.3, -0.25) is 0 Å². The Labute approximate surface area is 107 Å². The van der Waals surface area contributed by atoms with Gasteiger partial charge in [0.15, 0.2) is 0 Å². The Bertz CT molecular complexity index is 542. The molecular formula is C16H14S. The van der Waals surface area contributed by atoms with Gasteiger partial charge in [-0.25, -0.2) is 0 Å². The Balaban J connectivity index is 1.98. The molecule has 0 saturated carbocycles. The van der Waals surface area contributed by atoms with Crippen LogP contribution in [0, 0.1) is 0 Å². The van der Waals surface area contributed by atoms with Gasteiger partial charge in [-0.05, 0) is 23.1 Å². The topological polar surface area (TPSA) is 0 Å². The molecule has 0 aromatic heterocycles. The standard InChI is InChI=1S/C16H14S/c17-16-11-14-9-5-4-8-13(14)10-15(16)12-6-2-1-3-7-12/h1-9,15H,10-11H2. The summed E-state index contributed by atoms with van der Waals surface area (Å²) >= 11 is 5.59. The SMILES string of the molecule is S=C1Cc2ccccc2CC1c1ccccc1. The second kappa shape index (κ2) is 4.42. The molecule has 0 nitrogen and oxygen atoms in total. The molecule has 17 heavy (non-hydrogen) atoms. The first-order valence-corrected chi connectivity index (χ1v) is 6.40. The Morgan fingerprint density at radius 1 is 0.824 bits per heavy atom. The molecule has 84 valence electrons. The largest absolute Gasteiger partial charge is 0.0886 e. The lowest BCUT2D eigenvalue weighted by molar-refractivity contribution is 0.836. The molecule has 0 fully saturated rings. The van der Waals surface area contributed by atoms with Crippen LogP contribution in [0.15, 0.2) is 54.6 Å². The highest BCUT2D eigenvalue weighted by Crippen LogP contribution is 2.30. The quantitative estimate of drug-likeness (QED) is 0.678. The molecule has 1 atom stereocenters. The highest BCUT2D eigenvalue weighted by atomic mass is 32.1. The minimum Gasteiger partial charge on any atom is -0.0886 e. The van der Waals surface area contributed by atoms with Crippen LogP contribution in [-0.4, -0.2) is 4.86 Å². The molecular weight excluding hydrogens is 224 g/mol. The zero-order chi connectivity index (χ0) is 11.7. The summed E-state index contributed by atoms with van der Waals surface area (Å²) in [5.41, 5.74) is 4.21. The third kappa shape index (κ3) is 2.03. The predicted molar refractivity (Wildman–Crippen MR) is 75.6 cm³/mol. The van der Waals surface area contributed by atoms with Gasteiger partial charge in [0, 0.05) is 17.2 Å². The minimum atomic E-state index is 0.418. The maximum Gasteiger partial charge on any atom is 0.0197 e. The zero-order valence-corrected chi connectivity index (χ0v) is 10.4. The smallest absolute Gasteiger partial charge is 0.0197 e. The van der Waals surface area contributed by atoms with E-state index in [1.165, 1.54) is 21.6 Å². The van der Waals surface area contributed by atoms with Gasteiger partial charge in [0.25, 0.3) is 0 Å². The molecule has 0 N–H and O–H groups in total. The average Bonchev–Trinajstić information content (AvgIpc) is 2.39. The Kier molecular flexibility index (Phi) is 2.77. The number of hydrogen-bond donors (Lipinski definition) is 0. The number of thiocarbonyl (C=S) groups is 1. The lowest BCUT2D eigenvalue weighted by atomic mass is 9.80. The first kappa shape index (κ1) is 10.7. The van der Waals surface area contributed by atoms with Crippen molar-refractivity contribution in [3.63, 3.8) is 0 Å². The van der Waals surface area contributed by atoms with E-state index >= 15 is 0 Å². The number of rotatable bonds is 1. The van der Waals surface area contributed by atoms with Gasteiger partial charge < -0.3 is 0 Å². The van der Waals surface area contributed by atoms with Crippen LogP contribution < -0.4 is 0 Å². The van der Waals surface area contributed by atoms with Crippen LogP contribution in [0.3, 0.4) is 0 Å². The van der Waals surface area contributed by atoms with Gasteiger partial charge in [0.1, 0.15) is 0 Å². The second-order valence-electron chi connectivity index (χ2n) is 4.58. The fraction of sp³-hybridized carbons (Fsp3) is 0.188. The van der Waals surface area contributed by atoms with Crippen molar-refractivity contribution in [1.29, 1.82) is 0 Å². The van der Waals surface area contributed by atoms with E-state index in [9.17, 15) is 0 Å². The summed E-state index contributed by atoms with van der Waals surface area (Å²) in [6.07, 6.45) is 2.00. The van der Waals surface area contributed by atoms with Gasteiger partial charge in [-0.15, -0.1) is 0 Å². The van der Waals surface area contributed by atoms with E-state index in [1.807, 2.05) is 0 Å². The molecule has 0 saturated heterocycles. The van der Waals surface area contributed by atoms with Crippen molar-refractivity contribution in [3.8, 4) is 0 Å². The third-order valence-corrected chi connectivity index (χ3v) is 3.93. The normalized spacial score (nSPS) is 18.8. The molecule has 2 aromatic carbocycles. The molecule has 0 spiro atoms. The fourth-order valence-electron chi connectivity index (χ4n) is 2.56. The fourth-order valence-corrected chi connectivity index (χ4v) is 2.94. The van der Waals surface area contributed by atoms with Crippen LogP contribution in [0.5, 0.6) is 0 Å². The van der Waals surface area contributed by atoms with Gasteiger partial charge in [0.2, 0.25) is 0 Å². The van der Waals surface area contributed by atoms with Crippen molar-refractivity contribution < 1.29 is 0 Å². The molecule has 1 heteroatoms. The van der Waals surface area contributed by atoms with Crippen molar-refractivity contribution in [2.45, 2.75) is 18.8 Å². The first-order valence-electron chi connectivity index (χ1n) is 5.99. The van der Waals surface area contributed by atoms with E-state index in [0.29, 0.717) is 5.92 Å². The second-order valence-corrected chi connectivity index (χ2v) is 5.10. The van der Waals surface area contributed by atoms with Gasteiger partial charge in [0.05, 0.1) is 0 Å². The molecule has 0 heterocycles. The van der Waals surface area contributed by atoms with Gasteiger partial charge in [-0.1, -0.05) is 66.8 Å². The number of benzene rings is 2. The highest BCUT2D eigenvalue weighted by molar-refractivity contribution is 7.80. The highest BCUT2D eigenvalue weighted by Gasteiger charge is 2.23. The molecule has 0 bridgehead atoms. The maximum atomic E-state index is 5.59. The van der Waals surface area contributed by atoms with E-state index in [2.05, 4.69) is 54.6 Å². The lowest BCUT2D eigenvalue weighted by Crippen LogP contribution is -2.22. The molecule has 1 unspecified atom stereocenters. The average molecular weight is 238 g/mol. The van der Waals surface area contributed by atoms with E-state index in [4.69, 9.17) is 12.2 Å². The van der Waals surface area contributed by atoms with Crippen molar-refractivity contribution in [3.05, 3.63) is 71.3 Å². The summed E-state index contributed by atoms with van der Waals surface area (Å²) in [4.78, 5) is 1.18. The molecule has 0 amide bonds. The molecule has 0 aliphatic heterocycles. The van der Waals surface area contributed by atoms with E-state index in [1.54, 1.807) is 0 Å². The summed E-state index contributed by atoms with van der Waals surface area (Å²) < 4.78 is 0. The summed E-state index contributed by atoms with van der Waals surface area (Å²) in [6.45, 7) is 0. The van der Waals surface area contributed by atoms with Crippen LogP contribution in [0.4, 0.5) is 0 Å². The molecule has 3 rings (SSSR count). The number of fused-ring (bicyclic) bond motifs is 1. The van der Waals surface area contributed by atoms with Crippen LogP contribution in [-0.2, 0) is 12.8 Å². The van der Waals surface area contributed by atoms with Crippen molar-refractivity contribution >= 4 is 17.1 Å². The predicted octanol–water partition coefficient (Wildman–Crippen LogP) is 3.94. The van der Waals surface area contributed by atoms with E-state index < -0.39 is 0 Å². The van der Waals surface area contributed by atoms with Crippen molar-refractivity contribution in [2.24, 2.45) is 0 Å². The van der Waals surface area contributed by atoms with Crippen LogP contribution in [0.25, 0.3) is 0 Å². The summed E-state index contributed by atoms with van der Waals surface area (Å²) in [5, 5.41) is 0. The summed E-state index contributed by atoms with van der Waals surface area (Å²) in [7, 11) is 0. The Morgan fingerprint density at radius 2 is 1.47 bits per heavy atom. The minimum absolute atomic E-state index is 0.418. The summed E-state index contributed by atoms with van der Waals surface area (Å²) in [5.74, 6) is 0.418. The van der Waals surface area contributed by atoms with Crippen molar-refractivity contribution in [2.75, 3.05) is 0 Å². The first-order chi connectivity index (χ1) is 8.34. The maximum absolute atomic E-state index is 5.59. The van der Waals surface area contributed by atoms with E-state index in [0.717, 1.165) is 12.8 Å². The third-order valence-electron chi connectivity index (χ3n) is 3.50. The van der Waals surface area contributed by atoms with E-state index in [-0.39, 0.29) is 0 Å². The Morgan fingerprint density at radius 3 is 2.24 bits per heavy atom. The molecule has 1 aliphatic carbocycles. The Hall–Kier alpha value is -1.47. The number of hydrogen-bond acceptors (Lipinski definition) is 1.